The summed E-state index contributed by atoms with van der Waals surface area (Å²) in [6.07, 6.45) is 0. The predicted octanol–water partition coefficient (Wildman–Crippen LogP) is 16.9. The summed E-state index contributed by atoms with van der Waals surface area (Å²) in [5, 5.41) is 9.81. The van der Waals surface area contributed by atoms with E-state index in [0.717, 1.165) is 61.6 Å². The van der Waals surface area contributed by atoms with Crippen molar-refractivity contribution >= 4 is 109 Å². The predicted molar refractivity (Wildman–Crippen MR) is 256 cm³/mol. The zero-order valence-corrected chi connectivity index (χ0v) is 33.3. The van der Waals surface area contributed by atoms with Crippen molar-refractivity contribution in [2.45, 2.75) is 0 Å². The van der Waals surface area contributed by atoms with E-state index in [-0.39, 0.29) is 0 Å². The highest BCUT2D eigenvalue weighted by Gasteiger charge is 2.22. The summed E-state index contributed by atoms with van der Waals surface area (Å²) in [6.45, 7) is 0. The monoisotopic (exact) mass is 784 g/mol. The van der Waals surface area contributed by atoms with Gasteiger partial charge < -0.3 is 14.2 Å². The number of thiophene rings is 1. The van der Waals surface area contributed by atoms with Gasteiger partial charge in [0.2, 0.25) is 0 Å². The van der Waals surface area contributed by atoms with Crippen LogP contribution in [0.5, 0.6) is 0 Å². The van der Waals surface area contributed by atoms with Crippen molar-refractivity contribution in [3.05, 3.63) is 218 Å². The largest absolute Gasteiger partial charge is 0.456 e. The zero-order chi connectivity index (χ0) is 39.6. The van der Waals surface area contributed by atoms with Crippen LogP contribution in [0.2, 0.25) is 0 Å². The van der Waals surface area contributed by atoms with Gasteiger partial charge in [-0.2, -0.15) is 0 Å². The SMILES string of the molecule is c1ccc(-c2ccccc2N(c2ccc3c(c2)oc2ccccc23)c2ccc3c(c2)c2ccccc2c2c4ccc(N(c5ccccc5)c5ccccc5)cc4sc32)cc1. The molecule has 0 bridgehead atoms. The highest BCUT2D eigenvalue weighted by molar-refractivity contribution is 7.27. The van der Waals surface area contributed by atoms with E-state index in [1.54, 1.807) is 0 Å². The molecule has 0 spiro atoms. The molecule has 0 amide bonds. The Morgan fingerprint density at radius 2 is 0.883 bits per heavy atom. The lowest BCUT2D eigenvalue weighted by Crippen LogP contribution is -2.11. The number of hydrogen-bond acceptors (Lipinski definition) is 4. The van der Waals surface area contributed by atoms with Crippen LogP contribution < -0.4 is 9.80 Å². The van der Waals surface area contributed by atoms with Gasteiger partial charge in [0.15, 0.2) is 0 Å². The average Bonchev–Trinajstić information content (AvgIpc) is 3.89. The van der Waals surface area contributed by atoms with Crippen molar-refractivity contribution in [3.63, 3.8) is 0 Å². The van der Waals surface area contributed by atoms with Crippen molar-refractivity contribution < 1.29 is 4.42 Å². The molecule has 2 aromatic heterocycles. The molecule has 4 heteroatoms. The number of para-hydroxylation sites is 4. The number of anilines is 6. The standard InChI is InChI=1S/C56H36N2OS/c1-4-16-37(17-5-1)43-22-12-14-26-51(43)58(41-28-31-46-45-24-13-15-27-52(45)59-53(46)35-41)40-29-32-48-50(34-40)44-23-10-11-25-47(44)55-49-33-30-42(36-54(49)60-56(48)55)57(38-18-6-2-7-19-38)39-20-8-3-9-21-39/h1-36H. The lowest BCUT2D eigenvalue weighted by Gasteiger charge is -2.28. The fraction of sp³-hybridized carbons (Fsp3) is 0. The van der Waals surface area contributed by atoms with Crippen LogP contribution in [0.3, 0.4) is 0 Å². The van der Waals surface area contributed by atoms with Crippen LogP contribution in [0.25, 0.3) is 74.8 Å². The maximum Gasteiger partial charge on any atom is 0.137 e. The average molecular weight is 785 g/mol. The van der Waals surface area contributed by atoms with Gasteiger partial charge in [-0.15, -0.1) is 11.3 Å². The van der Waals surface area contributed by atoms with E-state index in [1.165, 1.54) is 47.3 Å². The van der Waals surface area contributed by atoms with Crippen LogP contribution in [-0.4, -0.2) is 0 Å². The molecule has 0 aliphatic heterocycles. The smallest absolute Gasteiger partial charge is 0.137 e. The van der Waals surface area contributed by atoms with Crippen LogP contribution in [0.15, 0.2) is 223 Å². The molecule has 0 atom stereocenters. The second-order valence-electron chi connectivity index (χ2n) is 15.3. The van der Waals surface area contributed by atoms with Crippen LogP contribution >= 0.6 is 11.3 Å². The molecule has 0 aliphatic rings. The summed E-state index contributed by atoms with van der Waals surface area (Å²) in [7, 11) is 0. The van der Waals surface area contributed by atoms with Crippen molar-refractivity contribution in [1.29, 1.82) is 0 Å². The Balaban J connectivity index is 1.08. The minimum Gasteiger partial charge on any atom is -0.456 e. The minimum atomic E-state index is 0.867. The van der Waals surface area contributed by atoms with Gasteiger partial charge >= 0.3 is 0 Å². The molecular formula is C56H36N2OS. The Labute approximate surface area is 351 Å². The van der Waals surface area contributed by atoms with Gasteiger partial charge in [-0.3, -0.25) is 0 Å². The number of fused-ring (bicyclic) bond motifs is 11. The summed E-state index contributed by atoms with van der Waals surface area (Å²) in [5.41, 5.74) is 10.7. The van der Waals surface area contributed by atoms with Crippen molar-refractivity contribution in [3.8, 4) is 11.1 Å². The first-order valence-corrected chi connectivity index (χ1v) is 21.2. The van der Waals surface area contributed by atoms with Gasteiger partial charge in [0, 0.05) is 76.4 Å². The van der Waals surface area contributed by atoms with E-state index in [1.807, 2.05) is 23.5 Å². The third kappa shape index (κ3) is 5.57. The number of hydrogen-bond donors (Lipinski definition) is 0. The highest BCUT2D eigenvalue weighted by atomic mass is 32.1. The minimum absolute atomic E-state index is 0.867. The van der Waals surface area contributed by atoms with Crippen molar-refractivity contribution in [2.24, 2.45) is 0 Å². The van der Waals surface area contributed by atoms with Crippen LogP contribution in [0.1, 0.15) is 0 Å². The van der Waals surface area contributed by atoms with Crippen LogP contribution in [0.4, 0.5) is 34.1 Å². The molecule has 0 N–H and O–H groups in total. The maximum absolute atomic E-state index is 6.48. The molecule has 60 heavy (non-hydrogen) atoms. The van der Waals surface area contributed by atoms with Crippen LogP contribution in [0, 0.1) is 0 Å². The summed E-state index contributed by atoms with van der Waals surface area (Å²) in [5.74, 6) is 0. The van der Waals surface area contributed by atoms with Gasteiger partial charge in [-0.25, -0.2) is 0 Å². The second-order valence-corrected chi connectivity index (χ2v) is 16.3. The molecule has 12 rings (SSSR count). The molecule has 0 unspecified atom stereocenters. The Kier molecular flexibility index (Phi) is 8.03. The molecule has 0 radical (unpaired) electrons. The van der Waals surface area contributed by atoms with E-state index in [2.05, 4.69) is 216 Å². The number of benzene rings is 10. The van der Waals surface area contributed by atoms with E-state index in [0.29, 0.717) is 0 Å². The highest BCUT2D eigenvalue weighted by Crippen LogP contribution is 2.49. The lowest BCUT2D eigenvalue weighted by molar-refractivity contribution is 0.669. The van der Waals surface area contributed by atoms with Gasteiger partial charge in [-0.1, -0.05) is 140 Å². The number of furan rings is 1. The molecular weight excluding hydrogens is 749 g/mol. The summed E-state index contributed by atoms with van der Waals surface area (Å²) >= 11 is 1.89. The van der Waals surface area contributed by atoms with Crippen molar-refractivity contribution in [1.82, 2.24) is 0 Å². The number of nitrogens with zero attached hydrogens (tertiary/aromatic N) is 2. The van der Waals surface area contributed by atoms with E-state index >= 15 is 0 Å². The third-order valence-electron chi connectivity index (χ3n) is 11.8. The topological polar surface area (TPSA) is 19.6 Å². The Bertz CT molecular complexity index is 3520. The molecule has 0 saturated carbocycles. The Morgan fingerprint density at radius 1 is 0.333 bits per heavy atom. The van der Waals surface area contributed by atoms with E-state index in [4.69, 9.17) is 4.42 Å². The first-order valence-electron chi connectivity index (χ1n) is 20.3. The van der Waals surface area contributed by atoms with E-state index in [9.17, 15) is 0 Å². The summed E-state index contributed by atoms with van der Waals surface area (Å²) in [4.78, 5) is 4.74. The first-order chi connectivity index (χ1) is 29.8. The Hall–Kier alpha value is -7.66. The summed E-state index contributed by atoms with van der Waals surface area (Å²) in [6, 6.07) is 78.5. The molecule has 2 heterocycles. The lowest BCUT2D eigenvalue weighted by atomic mass is 9.96. The maximum atomic E-state index is 6.48. The second kappa shape index (κ2) is 14.0. The van der Waals surface area contributed by atoms with Crippen LogP contribution in [-0.2, 0) is 0 Å². The van der Waals surface area contributed by atoms with Gasteiger partial charge in [0.1, 0.15) is 11.2 Å². The van der Waals surface area contributed by atoms with Gasteiger partial charge in [0.05, 0.1) is 5.69 Å². The quantitative estimate of drug-likeness (QED) is 0.150. The van der Waals surface area contributed by atoms with Gasteiger partial charge in [0.25, 0.3) is 0 Å². The van der Waals surface area contributed by atoms with Gasteiger partial charge in [-0.05, 0) is 94.5 Å². The molecule has 0 fully saturated rings. The van der Waals surface area contributed by atoms with E-state index < -0.39 is 0 Å². The number of rotatable bonds is 7. The normalized spacial score (nSPS) is 11.7. The summed E-state index contributed by atoms with van der Waals surface area (Å²) < 4.78 is 9.04. The molecule has 0 aliphatic carbocycles. The molecule has 0 saturated heterocycles. The fourth-order valence-electron chi connectivity index (χ4n) is 9.12. The molecule has 10 aromatic carbocycles. The molecule has 282 valence electrons. The van der Waals surface area contributed by atoms with Crippen molar-refractivity contribution in [2.75, 3.05) is 9.80 Å². The third-order valence-corrected chi connectivity index (χ3v) is 13.0. The first kappa shape index (κ1) is 34.4. The molecule has 3 nitrogen and oxygen atoms in total. The molecule has 12 aromatic rings. The Morgan fingerprint density at radius 3 is 1.63 bits per heavy atom. The fourth-order valence-corrected chi connectivity index (χ4v) is 10.4. The zero-order valence-electron chi connectivity index (χ0n) is 32.5.